The molecule has 2 aliphatic heterocycles. The van der Waals surface area contributed by atoms with Gasteiger partial charge in [0.25, 0.3) is 11.8 Å². The number of aromatic nitrogens is 2. The third-order valence-electron chi connectivity index (χ3n) is 5.38. The molecule has 4 rings (SSSR count). The van der Waals surface area contributed by atoms with Crippen molar-refractivity contribution in [1.29, 1.82) is 0 Å². The van der Waals surface area contributed by atoms with Gasteiger partial charge in [0, 0.05) is 19.0 Å². The molecule has 33 heavy (non-hydrogen) atoms. The number of aliphatic hydroxyl groups is 1. The molecule has 1 aromatic heterocycles. The quantitative estimate of drug-likeness (QED) is 0.481. The summed E-state index contributed by atoms with van der Waals surface area (Å²) in [5.74, 6) is -1.61. The molecule has 180 valence electrons. The van der Waals surface area contributed by atoms with Gasteiger partial charge in [0.2, 0.25) is 5.88 Å². The number of hydrogen-bond acceptors (Lipinski definition) is 8. The van der Waals surface area contributed by atoms with E-state index in [0.29, 0.717) is 12.7 Å². The van der Waals surface area contributed by atoms with Crippen molar-refractivity contribution < 1.29 is 27.9 Å². The van der Waals surface area contributed by atoms with E-state index in [4.69, 9.17) is 0 Å². The Morgan fingerprint density at radius 2 is 1.94 bits per heavy atom. The molecule has 1 saturated carbocycles. The Labute approximate surface area is 188 Å². The zero-order valence-corrected chi connectivity index (χ0v) is 18.4. The summed E-state index contributed by atoms with van der Waals surface area (Å²) >= 11 is 0. The predicted molar refractivity (Wildman–Crippen MR) is 110 cm³/mol. The molecule has 3 aliphatic rings. The maximum absolute atomic E-state index is 13.1. The van der Waals surface area contributed by atoms with Gasteiger partial charge in [-0.3, -0.25) is 9.59 Å². The Hall–Kier alpha value is -3.09. The maximum atomic E-state index is 13.1. The van der Waals surface area contributed by atoms with E-state index in [1.54, 1.807) is 4.90 Å². The van der Waals surface area contributed by atoms with Crippen molar-refractivity contribution in [3.8, 4) is 0 Å². The van der Waals surface area contributed by atoms with Gasteiger partial charge in [-0.05, 0) is 18.3 Å². The molecule has 2 unspecified atom stereocenters. The molecule has 2 fully saturated rings. The minimum atomic E-state index is -4.60. The van der Waals surface area contributed by atoms with Crippen molar-refractivity contribution >= 4 is 17.6 Å². The molecule has 10 nitrogen and oxygen atoms in total. The molecule has 3 heterocycles. The average molecular weight is 469 g/mol. The minimum absolute atomic E-state index is 0.00131. The highest BCUT2D eigenvalue weighted by atomic mass is 19.4. The highest BCUT2D eigenvalue weighted by molar-refractivity contribution is 6.19. The normalized spacial score (nSPS) is 23.6. The van der Waals surface area contributed by atoms with E-state index in [1.165, 1.54) is 5.01 Å². The molecule has 0 spiro atoms. The van der Waals surface area contributed by atoms with Gasteiger partial charge in [-0.1, -0.05) is 20.8 Å². The van der Waals surface area contributed by atoms with E-state index in [1.807, 2.05) is 20.8 Å². The average Bonchev–Trinajstić information content (AvgIpc) is 3.40. The largest absolute Gasteiger partial charge is 0.494 e. The fraction of sp³-hybridized carbons (Fsp3) is 0.600. The number of nitrogens with zero attached hydrogens (tertiary/aromatic N) is 4. The first-order valence-electron chi connectivity index (χ1n) is 10.6. The zero-order valence-electron chi connectivity index (χ0n) is 18.4. The van der Waals surface area contributed by atoms with Crippen LogP contribution >= 0.6 is 0 Å². The van der Waals surface area contributed by atoms with E-state index >= 15 is 0 Å². The van der Waals surface area contributed by atoms with Crippen LogP contribution in [0, 0.1) is 5.41 Å². The van der Waals surface area contributed by atoms with Crippen molar-refractivity contribution in [1.82, 2.24) is 30.6 Å². The van der Waals surface area contributed by atoms with Crippen LogP contribution in [0.25, 0.3) is 0 Å². The molecule has 1 aromatic rings. The number of halogens is 3. The first-order valence-corrected chi connectivity index (χ1v) is 10.6. The number of anilines is 1. The second kappa shape index (κ2) is 8.04. The molecule has 0 radical (unpaired) electrons. The number of alkyl halides is 3. The lowest BCUT2D eigenvalue weighted by atomic mass is 9.95. The zero-order chi connectivity index (χ0) is 24.1. The number of aliphatic hydroxyl groups excluding tert-OH is 1. The second-order valence-corrected chi connectivity index (χ2v) is 9.64. The number of carbonyl (C=O) groups is 2. The Kier molecular flexibility index (Phi) is 5.63. The van der Waals surface area contributed by atoms with Crippen LogP contribution < -0.4 is 16.1 Å². The minimum Gasteiger partial charge on any atom is -0.494 e. The van der Waals surface area contributed by atoms with Gasteiger partial charge in [-0.2, -0.15) is 13.2 Å². The van der Waals surface area contributed by atoms with Crippen LogP contribution in [0.1, 0.15) is 45.7 Å². The topological polar surface area (TPSA) is 123 Å². The SMILES string of the molecule is CC(C)(C)CN1C(O)=C(C(=O)NC2CC2)C(=O)N2NC(Nc3cnc(C(F)(F)F)cn3)CC12. The van der Waals surface area contributed by atoms with Crippen molar-refractivity contribution in [2.75, 3.05) is 11.9 Å². The number of amides is 2. The molecule has 2 amide bonds. The number of rotatable bonds is 5. The fourth-order valence-electron chi connectivity index (χ4n) is 3.78. The molecule has 1 saturated heterocycles. The van der Waals surface area contributed by atoms with E-state index < -0.39 is 36.0 Å². The summed E-state index contributed by atoms with van der Waals surface area (Å²) in [6.07, 6.45) is -2.32. The Morgan fingerprint density at radius 3 is 2.48 bits per heavy atom. The summed E-state index contributed by atoms with van der Waals surface area (Å²) < 4.78 is 38.2. The highest BCUT2D eigenvalue weighted by Crippen LogP contribution is 2.33. The lowest BCUT2D eigenvalue weighted by molar-refractivity contribution is -0.142. The van der Waals surface area contributed by atoms with Gasteiger partial charge in [0.1, 0.15) is 12.0 Å². The second-order valence-electron chi connectivity index (χ2n) is 9.64. The van der Waals surface area contributed by atoms with Crippen molar-refractivity contribution in [3.05, 3.63) is 29.5 Å². The first kappa shape index (κ1) is 23.1. The van der Waals surface area contributed by atoms with Gasteiger partial charge in [0.05, 0.1) is 18.6 Å². The third kappa shape index (κ3) is 4.97. The van der Waals surface area contributed by atoms with Gasteiger partial charge in [-0.25, -0.2) is 20.4 Å². The summed E-state index contributed by atoms with van der Waals surface area (Å²) in [6, 6.07) is -0.00131. The molecule has 0 aromatic carbocycles. The van der Waals surface area contributed by atoms with Crippen LogP contribution in [0.4, 0.5) is 19.0 Å². The molecule has 4 N–H and O–H groups in total. The summed E-state index contributed by atoms with van der Waals surface area (Å²) in [5.41, 5.74) is 1.21. The lowest BCUT2D eigenvalue weighted by Crippen LogP contribution is -2.58. The monoisotopic (exact) mass is 469 g/mol. The molecule has 0 bridgehead atoms. The molecular weight excluding hydrogens is 443 g/mol. The molecular formula is C20H26F3N7O3. The van der Waals surface area contributed by atoms with E-state index in [2.05, 4.69) is 26.0 Å². The van der Waals surface area contributed by atoms with E-state index in [9.17, 15) is 27.9 Å². The number of nitrogens with one attached hydrogen (secondary N) is 3. The summed E-state index contributed by atoms with van der Waals surface area (Å²) in [5, 5.41) is 17.8. The Balaban J connectivity index is 1.55. The standard InChI is InChI=1S/C20H26F3N7O3/c1-19(2,3)9-29-14-6-12(27-13-8-24-11(7-25-13)20(21,22)23)28-30(14)18(33)15(17(29)32)16(31)26-10-4-5-10/h7-8,10,12,14,28,32H,4-6,9H2,1-3H3,(H,25,27)(H,26,31). The Morgan fingerprint density at radius 1 is 1.24 bits per heavy atom. The number of hydrazine groups is 1. The molecule has 2 atom stereocenters. The van der Waals surface area contributed by atoms with E-state index in [0.717, 1.165) is 19.0 Å². The highest BCUT2D eigenvalue weighted by Gasteiger charge is 2.49. The molecule has 1 aliphatic carbocycles. The van der Waals surface area contributed by atoms with Crippen LogP contribution in [-0.2, 0) is 15.8 Å². The van der Waals surface area contributed by atoms with Crippen molar-refractivity contribution in [3.63, 3.8) is 0 Å². The smallest absolute Gasteiger partial charge is 0.434 e. The number of hydrogen-bond donors (Lipinski definition) is 4. The first-order chi connectivity index (χ1) is 15.3. The van der Waals surface area contributed by atoms with Gasteiger partial charge < -0.3 is 20.6 Å². The molecule has 13 heteroatoms. The van der Waals surface area contributed by atoms with Crippen molar-refractivity contribution in [2.45, 2.75) is 64.6 Å². The number of carbonyl (C=O) groups excluding carboxylic acids is 2. The lowest BCUT2D eigenvalue weighted by Gasteiger charge is -2.42. The van der Waals surface area contributed by atoms with Crippen LogP contribution in [0.5, 0.6) is 0 Å². The van der Waals surface area contributed by atoms with Crippen molar-refractivity contribution in [2.24, 2.45) is 5.41 Å². The van der Waals surface area contributed by atoms with Crippen LogP contribution in [0.2, 0.25) is 0 Å². The summed E-state index contributed by atoms with van der Waals surface area (Å²) in [4.78, 5) is 34.5. The Bertz CT molecular complexity index is 971. The number of fused-ring (bicyclic) bond motifs is 1. The third-order valence-corrected chi connectivity index (χ3v) is 5.38. The van der Waals surface area contributed by atoms with Crippen LogP contribution in [0.3, 0.4) is 0 Å². The fourth-order valence-corrected chi connectivity index (χ4v) is 3.78. The van der Waals surface area contributed by atoms with Crippen LogP contribution in [-0.4, -0.2) is 61.7 Å². The summed E-state index contributed by atoms with van der Waals surface area (Å²) in [6.45, 7) is 6.23. The summed E-state index contributed by atoms with van der Waals surface area (Å²) in [7, 11) is 0. The van der Waals surface area contributed by atoms with Gasteiger partial charge in [0.15, 0.2) is 11.3 Å². The predicted octanol–water partition coefficient (Wildman–Crippen LogP) is 1.71. The van der Waals surface area contributed by atoms with Gasteiger partial charge >= 0.3 is 6.18 Å². The maximum Gasteiger partial charge on any atom is 0.434 e. The van der Waals surface area contributed by atoms with Gasteiger partial charge in [-0.15, -0.1) is 0 Å². The van der Waals surface area contributed by atoms with Crippen LogP contribution in [0.15, 0.2) is 23.8 Å². The van der Waals surface area contributed by atoms with E-state index in [-0.39, 0.29) is 35.2 Å².